The smallest absolute Gasteiger partial charge is 0.416 e. The lowest BCUT2D eigenvalue weighted by Crippen LogP contribution is -2.27. The summed E-state index contributed by atoms with van der Waals surface area (Å²) in [6.07, 6.45) is -4.69. The van der Waals surface area contributed by atoms with Crippen LogP contribution in [-0.2, 0) is 15.7 Å². The number of nitrogens with one attached hydrogen (secondary N) is 2. The Labute approximate surface area is 176 Å². The largest absolute Gasteiger partial charge is 0.444 e. The van der Waals surface area contributed by atoms with Gasteiger partial charge < -0.3 is 10.1 Å². The number of benzene rings is 2. The number of carbonyl (C=O) groups excluding carboxylic acids is 2. The number of alkyl halides is 3. The van der Waals surface area contributed by atoms with Gasteiger partial charge in [0.25, 0.3) is 0 Å². The van der Waals surface area contributed by atoms with Crippen LogP contribution in [0.25, 0.3) is 0 Å². The molecule has 166 valence electrons. The van der Waals surface area contributed by atoms with E-state index in [1.807, 2.05) is 0 Å². The summed E-state index contributed by atoms with van der Waals surface area (Å²) in [5.74, 6) is -1.83. The summed E-state index contributed by atoms with van der Waals surface area (Å²) in [6, 6.07) is 8.37. The zero-order chi connectivity index (χ0) is 23.0. The Bertz CT molecular complexity index is 982. The van der Waals surface area contributed by atoms with Gasteiger partial charge in [0.1, 0.15) is 11.4 Å². The SMILES string of the molecule is CC(C)(C)OC(=O)Nc1ccc(F)c(NC(=O)C2CC2c2ccc(C(F)(F)F)cc2)c1. The summed E-state index contributed by atoms with van der Waals surface area (Å²) in [5, 5.41) is 4.95. The predicted octanol–water partition coefficient (Wildman–Crippen LogP) is 5.93. The van der Waals surface area contributed by atoms with Gasteiger partial charge in [-0.25, -0.2) is 9.18 Å². The van der Waals surface area contributed by atoms with Crippen molar-refractivity contribution >= 4 is 23.4 Å². The number of carbonyl (C=O) groups is 2. The van der Waals surface area contributed by atoms with Crippen molar-refractivity contribution in [2.75, 3.05) is 10.6 Å². The van der Waals surface area contributed by atoms with Gasteiger partial charge in [-0.2, -0.15) is 13.2 Å². The molecule has 1 saturated carbocycles. The van der Waals surface area contributed by atoms with E-state index in [-0.39, 0.29) is 17.3 Å². The van der Waals surface area contributed by atoms with Crippen LogP contribution in [-0.4, -0.2) is 17.6 Å². The highest BCUT2D eigenvalue weighted by molar-refractivity contribution is 5.96. The topological polar surface area (TPSA) is 67.4 Å². The lowest BCUT2D eigenvalue weighted by atomic mass is 10.1. The van der Waals surface area contributed by atoms with Crippen molar-refractivity contribution in [2.45, 2.75) is 44.9 Å². The minimum absolute atomic E-state index is 0.114. The van der Waals surface area contributed by atoms with Crippen LogP contribution < -0.4 is 10.6 Å². The Morgan fingerprint density at radius 1 is 1.00 bits per heavy atom. The van der Waals surface area contributed by atoms with Crippen molar-refractivity contribution in [2.24, 2.45) is 5.92 Å². The molecule has 2 aromatic carbocycles. The maximum Gasteiger partial charge on any atom is 0.416 e. The van der Waals surface area contributed by atoms with Gasteiger partial charge in [-0.15, -0.1) is 0 Å². The summed E-state index contributed by atoms with van der Waals surface area (Å²) in [6.45, 7) is 5.10. The highest BCUT2D eigenvalue weighted by Crippen LogP contribution is 2.48. The highest BCUT2D eigenvalue weighted by atomic mass is 19.4. The molecule has 1 fully saturated rings. The van der Waals surface area contributed by atoms with Gasteiger partial charge in [-0.3, -0.25) is 10.1 Å². The average Bonchev–Trinajstić information content (AvgIpc) is 3.43. The van der Waals surface area contributed by atoms with Crippen LogP contribution in [0.15, 0.2) is 42.5 Å². The highest BCUT2D eigenvalue weighted by Gasteiger charge is 2.44. The van der Waals surface area contributed by atoms with E-state index in [0.29, 0.717) is 12.0 Å². The first-order valence-corrected chi connectivity index (χ1v) is 9.61. The molecule has 2 unspecified atom stereocenters. The molecule has 0 heterocycles. The van der Waals surface area contributed by atoms with Crippen LogP contribution in [0.4, 0.5) is 33.7 Å². The Balaban J connectivity index is 1.63. The van der Waals surface area contributed by atoms with E-state index in [1.165, 1.54) is 24.3 Å². The fourth-order valence-corrected chi connectivity index (χ4v) is 3.12. The number of halogens is 4. The zero-order valence-corrected chi connectivity index (χ0v) is 17.1. The molecule has 2 N–H and O–H groups in total. The van der Waals surface area contributed by atoms with E-state index in [0.717, 1.165) is 18.2 Å². The van der Waals surface area contributed by atoms with Crippen molar-refractivity contribution in [3.05, 3.63) is 59.4 Å². The molecule has 3 rings (SSSR count). The lowest BCUT2D eigenvalue weighted by Gasteiger charge is -2.20. The molecule has 0 saturated heterocycles. The minimum atomic E-state index is -4.42. The van der Waals surface area contributed by atoms with Crippen molar-refractivity contribution in [1.29, 1.82) is 0 Å². The van der Waals surface area contributed by atoms with Gasteiger partial charge in [0.2, 0.25) is 5.91 Å². The second kappa shape index (κ2) is 8.20. The van der Waals surface area contributed by atoms with E-state index in [9.17, 15) is 27.2 Å². The first kappa shape index (κ1) is 22.6. The van der Waals surface area contributed by atoms with Gasteiger partial charge in [0.05, 0.1) is 11.3 Å². The van der Waals surface area contributed by atoms with Crippen LogP contribution in [0.3, 0.4) is 0 Å². The molecule has 31 heavy (non-hydrogen) atoms. The van der Waals surface area contributed by atoms with Crippen LogP contribution >= 0.6 is 0 Å². The standard InChI is InChI=1S/C22H22F4N2O3/c1-21(2,3)31-20(30)27-14-8-9-17(23)18(10-14)28-19(29)16-11-15(16)12-4-6-13(7-5-12)22(24,25)26/h4-10,15-16H,11H2,1-3H3,(H,27,30)(H,28,29). The molecule has 2 aromatic rings. The predicted molar refractivity (Wildman–Crippen MR) is 107 cm³/mol. The third kappa shape index (κ3) is 5.96. The first-order valence-electron chi connectivity index (χ1n) is 9.61. The third-order valence-corrected chi connectivity index (χ3v) is 4.66. The van der Waals surface area contributed by atoms with Crippen LogP contribution in [0, 0.1) is 11.7 Å². The minimum Gasteiger partial charge on any atom is -0.444 e. The van der Waals surface area contributed by atoms with E-state index in [2.05, 4.69) is 10.6 Å². The summed E-state index contributed by atoms with van der Waals surface area (Å²) in [5.41, 5.74) is -0.721. The maximum atomic E-state index is 14.1. The van der Waals surface area contributed by atoms with Gasteiger partial charge >= 0.3 is 12.3 Å². The summed E-state index contributed by atoms with van der Waals surface area (Å²) >= 11 is 0. The molecular weight excluding hydrogens is 416 g/mol. The molecule has 0 bridgehead atoms. The maximum absolute atomic E-state index is 14.1. The molecule has 0 spiro atoms. The Hall–Kier alpha value is -3.10. The molecule has 2 amide bonds. The van der Waals surface area contributed by atoms with Crippen molar-refractivity contribution in [1.82, 2.24) is 0 Å². The Morgan fingerprint density at radius 3 is 2.23 bits per heavy atom. The van der Waals surface area contributed by atoms with Crippen LogP contribution in [0.1, 0.15) is 44.2 Å². The van der Waals surface area contributed by atoms with E-state index >= 15 is 0 Å². The monoisotopic (exact) mass is 438 g/mol. The molecule has 5 nitrogen and oxygen atoms in total. The molecule has 9 heteroatoms. The molecule has 0 aromatic heterocycles. The molecule has 1 aliphatic rings. The number of rotatable bonds is 4. The quantitative estimate of drug-likeness (QED) is 0.581. The second-order valence-corrected chi connectivity index (χ2v) is 8.38. The number of anilines is 2. The molecule has 1 aliphatic carbocycles. The third-order valence-electron chi connectivity index (χ3n) is 4.66. The average molecular weight is 438 g/mol. The zero-order valence-electron chi connectivity index (χ0n) is 17.1. The summed E-state index contributed by atoms with van der Waals surface area (Å²) in [4.78, 5) is 24.4. The van der Waals surface area contributed by atoms with E-state index in [4.69, 9.17) is 4.74 Å². The molecular formula is C22H22F4N2O3. The number of hydrogen-bond donors (Lipinski definition) is 2. The summed E-state index contributed by atoms with van der Waals surface area (Å²) in [7, 11) is 0. The second-order valence-electron chi connectivity index (χ2n) is 8.38. The van der Waals surface area contributed by atoms with Crippen molar-refractivity contribution < 1.29 is 31.9 Å². The van der Waals surface area contributed by atoms with Gasteiger partial charge in [-0.05, 0) is 69.0 Å². The number of hydrogen-bond acceptors (Lipinski definition) is 3. The Kier molecular flexibility index (Phi) is 5.98. The van der Waals surface area contributed by atoms with E-state index < -0.39 is 41.1 Å². The van der Waals surface area contributed by atoms with Crippen molar-refractivity contribution in [3.8, 4) is 0 Å². The lowest BCUT2D eigenvalue weighted by molar-refractivity contribution is -0.137. The Morgan fingerprint density at radius 2 is 1.65 bits per heavy atom. The van der Waals surface area contributed by atoms with Crippen LogP contribution in [0.2, 0.25) is 0 Å². The fourth-order valence-electron chi connectivity index (χ4n) is 3.12. The molecule has 0 radical (unpaired) electrons. The molecule has 0 aliphatic heterocycles. The number of ether oxygens (including phenoxy) is 1. The van der Waals surface area contributed by atoms with Crippen LogP contribution in [0.5, 0.6) is 0 Å². The van der Waals surface area contributed by atoms with Gasteiger partial charge in [0.15, 0.2) is 0 Å². The first-order chi connectivity index (χ1) is 14.3. The summed E-state index contributed by atoms with van der Waals surface area (Å²) < 4.78 is 57.3. The van der Waals surface area contributed by atoms with Gasteiger partial charge in [0, 0.05) is 11.6 Å². The fraction of sp³-hybridized carbons (Fsp3) is 0.364. The molecule has 2 atom stereocenters. The number of amides is 2. The van der Waals surface area contributed by atoms with Gasteiger partial charge in [-0.1, -0.05) is 12.1 Å². The van der Waals surface area contributed by atoms with Crippen molar-refractivity contribution in [3.63, 3.8) is 0 Å². The van der Waals surface area contributed by atoms with E-state index in [1.54, 1.807) is 20.8 Å². The normalized spacial score (nSPS) is 18.3.